The van der Waals surface area contributed by atoms with E-state index >= 15 is 0 Å². The van der Waals surface area contributed by atoms with Crippen LogP contribution in [0.5, 0.6) is 0 Å². The van der Waals surface area contributed by atoms with Crippen LogP contribution in [0.25, 0.3) is 10.4 Å². The molecule has 1 saturated heterocycles. The standard InChI is InChI=1S/C13H23N5O3/c1-9(16-12(20)21-13(2,3)4)7-18-8-10(5-11(18)19)6-15-17-14/h9-10H,5-8H2,1-4H3,(H,16,20). The Balaban J connectivity index is 2.41. The van der Waals surface area contributed by atoms with Gasteiger partial charge in [0.25, 0.3) is 0 Å². The van der Waals surface area contributed by atoms with E-state index in [4.69, 9.17) is 10.3 Å². The number of hydrogen-bond acceptors (Lipinski definition) is 4. The van der Waals surface area contributed by atoms with Gasteiger partial charge in [-0.05, 0) is 39.1 Å². The van der Waals surface area contributed by atoms with Gasteiger partial charge in [0.05, 0.1) is 0 Å². The third kappa shape index (κ3) is 6.35. The molecule has 0 bridgehead atoms. The largest absolute Gasteiger partial charge is 0.444 e. The number of carbonyl (C=O) groups excluding carboxylic acids is 2. The lowest BCUT2D eigenvalue weighted by Crippen LogP contribution is -2.44. The highest BCUT2D eigenvalue weighted by Gasteiger charge is 2.30. The highest BCUT2D eigenvalue weighted by atomic mass is 16.6. The second-order valence-electron chi connectivity index (χ2n) is 6.33. The average Bonchev–Trinajstić information content (AvgIpc) is 2.64. The number of carbonyl (C=O) groups is 2. The lowest BCUT2D eigenvalue weighted by molar-refractivity contribution is -0.128. The number of likely N-dealkylation sites (tertiary alicyclic amines) is 1. The van der Waals surface area contributed by atoms with Gasteiger partial charge in [-0.2, -0.15) is 0 Å². The number of amides is 2. The molecule has 0 aromatic rings. The molecule has 2 amide bonds. The van der Waals surface area contributed by atoms with E-state index in [1.54, 1.807) is 25.7 Å². The lowest BCUT2D eigenvalue weighted by Gasteiger charge is -2.24. The molecule has 0 aromatic heterocycles. The molecule has 118 valence electrons. The lowest BCUT2D eigenvalue weighted by atomic mass is 10.1. The topological polar surface area (TPSA) is 107 Å². The van der Waals surface area contributed by atoms with Crippen molar-refractivity contribution < 1.29 is 14.3 Å². The molecule has 0 aliphatic carbocycles. The predicted octanol–water partition coefficient (Wildman–Crippen LogP) is 2.06. The highest BCUT2D eigenvalue weighted by Crippen LogP contribution is 2.18. The van der Waals surface area contributed by atoms with Crippen molar-refractivity contribution in [3.05, 3.63) is 10.4 Å². The minimum Gasteiger partial charge on any atom is -0.444 e. The summed E-state index contributed by atoms with van der Waals surface area (Å²) in [6.07, 6.45) is -0.106. The number of alkyl carbamates (subject to hydrolysis) is 1. The van der Waals surface area contributed by atoms with Gasteiger partial charge in [0.15, 0.2) is 0 Å². The molecule has 0 aromatic carbocycles. The Morgan fingerprint density at radius 3 is 2.86 bits per heavy atom. The Morgan fingerprint density at radius 1 is 1.62 bits per heavy atom. The normalized spacial score (nSPS) is 19.9. The number of nitrogens with one attached hydrogen (secondary N) is 1. The first-order valence-electron chi connectivity index (χ1n) is 6.99. The SMILES string of the molecule is CC(CN1CC(CN=[N+]=[N-])CC1=O)NC(=O)OC(C)(C)C. The minimum atomic E-state index is -0.548. The van der Waals surface area contributed by atoms with Crippen molar-refractivity contribution in [1.82, 2.24) is 10.2 Å². The molecule has 1 rings (SSSR count). The zero-order chi connectivity index (χ0) is 16.0. The molecule has 2 atom stereocenters. The van der Waals surface area contributed by atoms with Crippen molar-refractivity contribution >= 4 is 12.0 Å². The fourth-order valence-corrected chi connectivity index (χ4v) is 2.19. The fourth-order valence-electron chi connectivity index (χ4n) is 2.19. The maximum atomic E-state index is 11.8. The van der Waals surface area contributed by atoms with Crippen LogP contribution in [-0.2, 0) is 9.53 Å². The summed E-state index contributed by atoms with van der Waals surface area (Å²) in [6, 6.07) is -0.206. The first-order chi connectivity index (χ1) is 9.71. The van der Waals surface area contributed by atoms with E-state index in [0.29, 0.717) is 26.1 Å². The molecular formula is C13H23N5O3. The van der Waals surface area contributed by atoms with E-state index in [9.17, 15) is 9.59 Å². The molecule has 1 aliphatic heterocycles. The summed E-state index contributed by atoms with van der Waals surface area (Å²) in [6.45, 7) is 8.50. The van der Waals surface area contributed by atoms with Crippen LogP contribution in [0.4, 0.5) is 4.79 Å². The van der Waals surface area contributed by atoms with Crippen LogP contribution in [0.3, 0.4) is 0 Å². The summed E-state index contributed by atoms with van der Waals surface area (Å²) in [7, 11) is 0. The monoisotopic (exact) mass is 297 g/mol. The zero-order valence-corrected chi connectivity index (χ0v) is 13.0. The number of hydrogen-bond donors (Lipinski definition) is 1. The number of azide groups is 1. The third-order valence-corrected chi connectivity index (χ3v) is 2.96. The first-order valence-corrected chi connectivity index (χ1v) is 6.99. The molecule has 1 N–H and O–H groups in total. The summed E-state index contributed by atoms with van der Waals surface area (Å²) in [4.78, 5) is 27.9. The predicted molar refractivity (Wildman–Crippen MR) is 77.5 cm³/mol. The first kappa shape index (κ1) is 17.1. The van der Waals surface area contributed by atoms with Crippen LogP contribution in [0.2, 0.25) is 0 Å². The summed E-state index contributed by atoms with van der Waals surface area (Å²) in [5.41, 5.74) is 7.75. The van der Waals surface area contributed by atoms with Gasteiger partial charge < -0.3 is 15.0 Å². The van der Waals surface area contributed by atoms with Crippen LogP contribution in [-0.4, -0.2) is 48.2 Å². The van der Waals surface area contributed by atoms with E-state index in [0.717, 1.165) is 0 Å². The van der Waals surface area contributed by atoms with Gasteiger partial charge in [0.2, 0.25) is 5.91 Å². The van der Waals surface area contributed by atoms with E-state index in [1.807, 2.05) is 6.92 Å². The van der Waals surface area contributed by atoms with Gasteiger partial charge in [-0.1, -0.05) is 5.11 Å². The summed E-state index contributed by atoms with van der Waals surface area (Å²) < 4.78 is 5.17. The van der Waals surface area contributed by atoms with Crippen molar-refractivity contribution in [3.8, 4) is 0 Å². The number of nitrogens with zero attached hydrogens (tertiary/aromatic N) is 4. The van der Waals surface area contributed by atoms with Gasteiger partial charge in [-0.3, -0.25) is 4.79 Å². The molecule has 21 heavy (non-hydrogen) atoms. The van der Waals surface area contributed by atoms with Crippen LogP contribution in [0, 0.1) is 5.92 Å². The van der Waals surface area contributed by atoms with Gasteiger partial charge in [-0.25, -0.2) is 4.79 Å². The summed E-state index contributed by atoms with van der Waals surface area (Å²) >= 11 is 0. The van der Waals surface area contributed by atoms with E-state index < -0.39 is 11.7 Å². The van der Waals surface area contributed by atoms with Gasteiger partial charge in [0, 0.05) is 37.0 Å². The Bertz CT molecular complexity index is 440. The molecule has 8 nitrogen and oxygen atoms in total. The Hall–Kier alpha value is -1.95. The van der Waals surface area contributed by atoms with Gasteiger partial charge in [0.1, 0.15) is 5.60 Å². The van der Waals surface area contributed by atoms with Crippen molar-refractivity contribution in [2.24, 2.45) is 11.0 Å². The maximum Gasteiger partial charge on any atom is 0.407 e. The highest BCUT2D eigenvalue weighted by molar-refractivity contribution is 5.78. The number of rotatable bonds is 5. The molecule has 2 unspecified atom stereocenters. The number of ether oxygens (including phenoxy) is 1. The van der Waals surface area contributed by atoms with Crippen molar-refractivity contribution in [2.75, 3.05) is 19.6 Å². The fraction of sp³-hybridized carbons (Fsp3) is 0.846. The minimum absolute atomic E-state index is 0.0194. The molecule has 8 heteroatoms. The van der Waals surface area contributed by atoms with Crippen LogP contribution in [0.1, 0.15) is 34.1 Å². The molecule has 1 aliphatic rings. The van der Waals surface area contributed by atoms with E-state index in [2.05, 4.69) is 15.3 Å². The van der Waals surface area contributed by atoms with Crippen molar-refractivity contribution in [2.45, 2.75) is 45.8 Å². The van der Waals surface area contributed by atoms with Crippen molar-refractivity contribution in [1.29, 1.82) is 0 Å². The zero-order valence-electron chi connectivity index (χ0n) is 13.0. The van der Waals surface area contributed by atoms with Crippen LogP contribution in [0.15, 0.2) is 5.11 Å². The summed E-state index contributed by atoms with van der Waals surface area (Å²) in [5, 5.41) is 6.21. The quantitative estimate of drug-likeness (QED) is 0.476. The van der Waals surface area contributed by atoms with Crippen LogP contribution >= 0.6 is 0 Å². The maximum absolute atomic E-state index is 11.8. The Morgan fingerprint density at radius 2 is 2.29 bits per heavy atom. The molecule has 1 heterocycles. The average molecular weight is 297 g/mol. The molecular weight excluding hydrogens is 274 g/mol. The second kappa shape index (κ2) is 7.17. The van der Waals surface area contributed by atoms with Crippen LogP contribution < -0.4 is 5.32 Å². The van der Waals surface area contributed by atoms with Gasteiger partial charge in [-0.15, -0.1) is 0 Å². The Labute approximate surface area is 124 Å². The second-order valence-corrected chi connectivity index (χ2v) is 6.33. The van der Waals surface area contributed by atoms with Crippen molar-refractivity contribution in [3.63, 3.8) is 0 Å². The smallest absolute Gasteiger partial charge is 0.407 e. The molecule has 0 radical (unpaired) electrons. The third-order valence-electron chi connectivity index (χ3n) is 2.96. The molecule has 1 fully saturated rings. The van der Waals surface area contributed by atoms with E-state index in [1.165, 1.54) is 0 Å². The Kier molecular flexibility index (Phi) is 5.84. The molecule has 0 spiro atoms. The van der Waals surface area contributed by atoms with Gasteiger partial charge >= 0.3 is 6.09 Å². The van der Waals surface area contributed by atoms with E-state index in [-0.39, 0.29) is 17.9 Å². The summed E-state index contributed by atoms with van der Waals surface area (Å²) in [5.74, 6) is 0.0769. The molecule has 0 saturated carbocycles.